The number of aromatic nitrogens is 2. The lowest BCUT2D eigenvalue weighted by Crippen LogP contribution is -2.12. The Morgan fingerprint density at radius 1 is 1.27 bits per heavy atom. The Balaban J connectivity index is 2.18. The van der Waals surface area contributed by atoms with E-state index in [1.807, 2.05) is 6.92 Å². The number of carbonyl (C=O) groups is 1. The number of halogens is 1. The zero-order chi connectivity index (χ0) is 19.1. The summed E-state index contributed by atoms with van der Waals surface area (Å²) in [5.41, 5.74) is 0.455. The average molecular weight is 442 g/mol. The molecule has 0 spiro atoms. The lowest BCUT2D eigenvalue weighted by Gasteiger charge is -2.13. The van der Waals surface area contributed by atoms with E-state index in [0.717, 1.165) is 24.3 Å². The molecule has 6 nitrogen and oxygen atoms in total. The summed E-state index contributed by atoms with van der Waals surface area (Å²) < 4.78 is 11.7. The number of benzene rings is 1. The predicted molar refractivity (Wildman–Crippen MR) is 108 cm³/mol. The second kappa shape index (κ2) is 9.87. The number of ether oxygens (including phenoxy) is 2. The number of nitrogens with one attached hydrogen (secondary N) is 1. The lowest BCUT2D eigenvalue weighted by atomic mass is 10.1. The molecule has 0 radical (unpaired) electrons. The molecule has 1 amide bonds. The molecule has 2 rings (SSSR count). The van der Waals surface area contributed by atoms with Crippen molar-refractivity contribution in [2.24, 2.45) is 0 Å². The van der Waals surface area contributed by atoms with E-state index >= 15 is 0 Å². The van der Waals surface area contributed by atoms with Crippen LogP contribution in [0.25, 0.3) is 0 Å². The monoisotopic (exact) mass is 441 g/mol. The van der Waals surface area contributed by atoms with Crippen LogP contribution in [0.4, 0.5) is 5.13 Å². The third-order valence-corrected chi connectivity index (χ3v) is 5.53. The van der Waals surface area contributed by atoms with Crippen molar-refractivity contribution in [2.45, 2.75) is 46.0 Å². The van der Waals surface area contributed by atoms with E-state index in [1.54, 1.807) is 19.2 Å². The highest BCUT2D eigenvalue weighted by molar-refractivity contribution is 9.10. The van der Waals surface area contributed by atoms with E-state index in [-0.39, 0.29) is 5.91 Å². The molecule has 142 valence electrons. The summed E-state index contributed by atoms with van der Waals surface area (Å²) in [5.74, 6) is 1.21. The molecule has 2 aromatic rings. The molecular formula is C18H24BrN3O3S. The zero-order valence-electron chi connectivity index (χ0n) is 15.5. The van der Waals surface area contributed by atoms with Gasteiger partial charge in [-0.3, -0.25) is 10.1 Å². The molecule has 8 heteroatoms. The first-order valence-electron chi connectivity index (χ1n) is 8.68. The fraction of sp³-hybridized carbons (Fsp3) is 0.500. The smallest absolute Gasteiger partial charge is 0.257 e. The van der Waals surface area contributed by atoms with Crippen LogP contribution in [0.3, 0.4) is 0 Å². The molecule has 0 fully saturated rings. The van der Waals surface area contributed by atoms with Crippen LogP contribution in [-0.4, -0.2) is 29.8 Å². The molecular weight excluding hydrogens is 418 g/mol. The van der Waals surface area contributed by atoms with Crippen molar-refractivity contribution in [1.82, 2.24) is 10.2 Å². The molecule has 1 N–H and O–H groups in total. The summed E-state index contributed by atoms with van der Waals surface area (Å²) >= 11 is 4.87. The van der Waals surface area contributed by atoms with Gasteiger partial charge in [0.25, 0.3) is 5.91 Å². The molecule has 0 saturated carbocycles. The third kappa shape index (κ3) is 4.94. The number of nitrogens with zero attached hydrogens (tertiary/aromatic N) is 2. The largest absolute Gasteiger partial charge is 0.493 e. The molecule has 0 aliphatic carbocycles. The topological polar surface area (TPSA) is 73.3 Å². The van der Waals surface area contributed by atoms with Gasteiger partial charge in [0.1, 0.15) is 5.01 Å². The maximum Gasteiger partial charge on any atom is 0.257 e. The van der Waals surface area contributed by atoms with Crippen LogP contribution in [0.2, 0.25) is 0 Å². The van der Waals surface area contributed by atoms with E-state index in [4.69, 9.17) is 9.47 Å². The van der Waals surface area contributed by atoms with Gasteiger partial charge in [-0.25, -0.2) is 0 Å². The van der Waals surface area contributed by atoms with E-state index in [9.17, 15) is 4.79 Å². The second-order valence-corrected chi connectivity index (χ2v) is 7.61. The van der Waals surface area contributed by atoms with Gasteiger partial charge in [-0.15, -0.1) is 10.2 Å². The second-order valence-electron chi connectivity index (χ2n) is 5.75. The summed E-state index contributed by atoms with van der Waals surface area (Å²) in [4.78, 5) is 12.6. The summed E-state index contributed by atoms with van der Waals surface area (Å²) in [6.45, 7) is 6.85. The number of methoxy groups -OCH3 is 1. The first-order valence-corrected chi connectivity index (χ1v) is 10.3. The number of anilines is 1. The van der Waals surface area contributed by atoms with Crippen LogP contribution in [0.15, 0.2) is 16.6 Å². The molecule has 0 saturated heterocycles. The van der Waals surface area contributed by atoms with Crippen molar-refractivity contribution in [1.29, 1.82) is 0 Å². The Hall–Kier alpha value is -1.67. The standard InChI is InChI=1S/C18H24BrN3O3S/c1-5-8-25-15-13(19)9-12(10-14(15)24-4)16(23)20-18-22-21-17(26-18)11(6-2)7-3/h9-11H,5-8H2,1-4H3,(H,20,22,23). The Morgan fingerprint density at radius 3 is 2.62 bits per heavy atom. The van der Waals surface area contributed by atoms with Crippen LogP contribution >= 0.6 is 27.3 Å². The van der Waals surface area contributed by atoms with Crippen LogP contribution in [-0.2, 0) is 0 Å². The Kier molecular flexibility index (Phi) is 7.84. The Morgan fingerprint density at radius 2 is 2.00 bits per heavy atom. The molecule has 1 aromatic carbocycles. The average Bonchev–Trinajstić information content (AvgIpc) is 3.09. The molecule has 1 heterocycles. The van der Waals surface area contributed by atoms with E-state index in [0.29, 0.717) is 39.2 Å². The van der Waals surface area contributed by atoms with Gasteiger partial charge in [-0.2, -0.15) is 0 Å². The lowest BCUT2D eigenvalue weighted by molar-refractivity contribution is 0.102. The van der Waals surface area contributed by atoms with Crippen molar-refractivity contribution >= 4 is 38.3 Å². The van der Waals surface area contributed by atoms with E-state index in [2.05, 4.69) is 45.3 Å². The minimum Gasteiger partial charge on any atom is -0.493 e. The molecule has 0 bridgehead atoms. The van der Waals surface area contributed by atoms with Crippen LogP contribution in [0.1, 0.15) is 61.3 Å². The molecule has 26 heavy (non-hydrogen) atoms. The van der Waals surface area contributed by atoms with Crippen molar-refractivity contribution in [3.05, 3.63) is 27.2 Å². The Bertz CT molecular complexity index is 747. The van der Waals surface area contributed by atoms with E-state index < -0.39 is 0 Å². The van der Waals surface area contributed by atoms with Gasteiger partial charge < -0.3 is 9.47 Å². The highest BCUT2D eigenvalue weighted by Crippen LogP contribution is 2.37. The van der Waals surface area contributed by atoms with Crippen molar-refractivity contribution in [3.8, 4) is 11.5 Å². The third-order valence-electron chi connectivity index (χ3n) is 3.94. The number of amides is 1. The SMILES string of the molecule is CCCOc1c(Br)cc(C(=O)Nc2nnc(C(CC)CC)s2)cc1OC. The van der Waals surface area contributed by atoms with Gasteiger partial charge in [-0.05, 0) is 47.3 Å². The van der Waals surface area contributed by atoms with Gasteiger partial charge in [0, 0.05) is 11.5 Å². The summed E-state index contributed by atoms with van der Waals surface area (Å²) in [6.07, 6.45) is 2.89. The maximum atomic E-state index is 12.6. The van der Waals surface area contributed by atoms with Gasteiger partial charge in [0.2, 0.25) is 5.13 Å². The van der Waals surface area contributed by atoms with Crippen molar-refractivity contribution in [3.63, 3.8) is 0 Å². The van der Waals surface area contributed by atoms with Gasteiger partial charge in [0.15, 0.2) is 11.5 Å². The summed E-state index contributed by atoms with van der Waals surface area (Å²) in [7, 11) is 1.55. The minimum atomic E-state index is -0.265. The minimum absolute atomic E-state index is 0.265. The van der Waals surface area contributed by atoms with Crippen molar-refractivity contribution in [2.75, 3.05) is 19.0 Å². The van der Waals surface area contributed by atoms with Crippen molar-refractivity contribution < 1.29 is 14.3 Å². The normalized spacial score (nSPS) is 10.8. The van der Waals surface area contributed by atoms with Crippen LogP contribution in [0, 0.1) is 0 Å². The fourth-order valence-corrected chi connectivity index (χ4v) is 4.01. The van der Waals surface area contributed by atoms with Gasteiger partial charge >= 0.3 is 0 Å². The number of rotatable bonds is 9. The zero-order valence-corrected chi connectivity index (χ0v) is 17.9. The predicted octanol–water partition coefficient (Wildman–Crippen LogP) is 5.25. The number of hydrogen-bond donors (Lipinski definition) is 1. The quantitative estimate of drug-likeness (QED) is 0.574. The summed E-state index contributed by atoms with van der Waals surface area (Å²) in [5, 5.41) is 12.6. The molecule has 0 aliphatic heterocycles. The summed E-state index contributed by atoms with van der Waals surface area (Å²) in [6, 6.07) is 3.37. The molecule has 0 unspecified atom stereocenters. The van der Waals surface area contributed by atoms with Crippen LogP contribution < -0.4 is 14.8 Å². The fourth-order valence-electron chi connectivity index (χ4n) is 2.45. The van der Waals surface area contributed by atoms with E-state index in [1.165, 1.54) is 11.3 Å². The molecule has 0 atom stereocenters. The number of hydrogen-bond acceptors (Lipinski definition) is 6. The maximum absolute atomic E-state index is 12.6. The first kappa shape index (κ1) is 20.6. The number of carbonyl (C=O) groups excluding carboxylic acids is 1. The molecule has 1 aromatic heterocycles. The van der Waals surface area contributed by atoms with Gasteiger partial charge in [0.05, 0.1) is 18.2 Å². The molecule has 0 aliphatic rings. The van der Waals surface area contributed by atoms with Gasteiger partial charge in [-0.1, -0.05) is 32.1 Å². The Labute approximate surface area is 166 Å². The highest BCUT2D eigenvalue weighted by Gasteiger charge is 2.18. The van der Waals surface area contributed by atoms with Crippen LogP contribution in [0.5, 0.6) is 11.5 Å². The first-order chi connectivity index (χ1) is 12.5. The highest BCUT2D eigenvalue weighted by atomic mass is 79.9.